The van der Waals surface area contributed by atoms with Gasteiger partial charge in [-0.1, -0.05) is 35.9 Å². The van der Waals surface area contributed by atoms with E-state index in [2.05, 4.69) is 32.6 Å². The van der Waals surface area contributed by atoms with Gasteiger partial charge in [-0.25, -0.2) is 8.78 Å². The van der Waals surface area contributed by atoms with Crippen LogP contribution in [0.1, 0.15) is 42.4 Å². The summed E-state index contributed by atoms with van der Waals surface area (Å²) in [5.41, 5.74) is 3.33. The highest BCUT2D eigenvalue weighted by molar-refractivity contribution is 6.30. The molecule has 47 heavy (non-hydrogen) atoms. The second-order valence-electron chi connectivity index (χ2n) is 12.0. The van der Waals surface area contributed by atoms with Crippen LogP contribution < -0.4 is 20.4 Å². The van der Waals surface area contributed by atoms with Crippen molar-refractivity contribution in [3.63, 3.8) is 0 Å². The van der Waals surface area contributed by atoms with E-state index in [1.54, 1.807) is 12.1 Å². The SMILES string of the molecule is Fc1ccc(CN(c2ccc(Cl)cc2)C2CCNCC2)cc1.Fc1ccc(N(Cc2ccc(C(F)(F)F)cc2)C2CCNCC2)cc1. The largest absolute Gasteiger partial charge is 0.416 e. The van der Waals surface area contributed by atoms with Gasteiger partial charge >= 0.3 is 6.18 Å². The molecule has 2 N–H and O–H groups in total. The van der Waals surface area contributed by atoms with Crippen LogP contribution in [0.15, 0.2) is 97.1 Å². The van der Waals surface area contributed by atoms with E-state index in [0.717, 1.165) is 92.4 Å². The number of alkyl halides is 3. The zero-order valence-corrected chi connectivity index (χ0v) is 26.9. The smallest absolute Gasteiger partial charge is 0.364 e. The first-order chi connectivity index (χ1) is 22.7. The van der Waals surface area contributed by atoms with Crippen molar-refractivity contribution in [1.82, 2.24) is 10.6 Å². The van der Waals surface area contributed by atoms with Gasteiger partial charge in [-0.15, -0.1) is 0 Å². The zero-order chi connectivity index (χ0) is 33.2. The van der Waals surface area contributed by atoms with Crippen molar-refractivity contribution in [1.29, 1.82) is 0 Å². The number of benzene rings is 4. The Morgan fingerprint density at radius 2 is 0.915 bits per heavy atom. The number of hydrogen-bond donors (Lipinski definition) is 2. The minimum Gasteiger partial charge on any atom is -0.364 e. The summed E-state index contributed by atoms with van der Waals surface area (Å²) >= 11 is 6.01. The lowest BCUT2D eigenvalue weighted by Gasteiger charge is -2.36. The van der Waals surface area contributed by atoms with Crippen molar-refractivity contribution >= 4 is 23.0 Å². The Morgan fingerprint density at radius 1 is 0.553 bits per heavy atom. The van der Waals surface area contributed by atoms with Gasteiger partial charge < -0.3 is 20.4 Å². The van der Waals surface area contributed by atoms with Gasteiger partial charge in [0.1, 0.15) is 11.6 Å². The first kappa shape index (κ1) is 34.7. The average molecular weight is 671 g/mol. The van der Waals surface area contributed by atoms with E-state index in [1.165, 1.54) is 42.1 Å². The third-order valence-corrected chi connectivity index (χ3v) is 8.97. The van der Waals surface area contributed by atoms with Gasteiger partial charge in [0.2, 0.25) is 0 Å². The van der Waals surface area contributed by atoms with Gasteiger partial charge in [0.05, 0.1) is 5.56 Å². The van der Waals surface area contributed by atoms with Crippen molar-refractivity contribution in [3.05, 3.63) is 130 Å². The first-order valence-corrected chi connectivity index (χ1v) is 16.4. The molecule has 0 spiro atoms. The van der Waals surface area contributed by atoms with E-state index < -0.39 is 11.7 Å². The number of piperidine rings is 2. The van der Waals surface area contributed by atoms with Crippen LogP contribution in [0.2, 0.25) is 5.02 Å². The van der Waals surface area contributed by atoms with Crippen LogP contribution in [-0.2, 0) is 19.3 Å². The van der Waals surface area contributed by atoms with Crippen molar-refractivity contribution in [2.24, 2.45) is 0 Å². The monoisotopic (exact) mass is 670 g/mol. The standard InChI is InChI=1S/C19H20F4N2.C18H20ClFN2/c20-16-5-7-17(8-6-16)25(18-9-11-24-12-10-18)13-14-1-3-15(4-2-14)19(21,22)23;19-15-3-7-17(8-4-15)22(18-9-11-21-12-10-18)13-14-1-5-16(20)6-2-14/h1-8,18,24H,9-13H2;1-8,18,21H,9-13H2. The fourth-order valence-corrected chi connectivity index (χ4v) is 6.27. The Kier molecular flexibility index (Phi) is 12.1. The molecule has 2 saturated heterocycles. The molecule has 4 nitrogen and oxygen atoms in total. The summed E-state index contributed by atoms with van der Waals surface area (Å²) in [6, 6.07) is 27.0. The molecule has 0 amide bonds. The molecule has 0 unspecified atom stereocenters. The predicted octanol–water partition coefficient (Wildman–Crippen LogP) is 8.84. The van der Waals surface area contributed by atoms with E-state index in [0.29, 0.717) is 12.6 Å². The zero-order valence-electron chi connectivity index (χ0n) is 26.1. The summed E-state index contributed by atoms with van der Waals surface area (Å²) < 4.78 is 64.5. The van der Waals surface area contributed by atoms with Gasteiger partial charge in [-0.3, -0.25) is 0 Å². The maximum Gasteiger partial charge on any atom is 0.416 e. The second kappa shape index (κ2) is 16.4. The quantitative estimate of drug-likeness (QED) is 0.184. The minimum atomic E-state index is -4.33. The Balaban J connectivity index is 0.000000186. The molecular formula is C37H40ClF5N4. The fourth-order valence-electron chi connectivity index (χ4n) is 6.15. The molecule has 2 aliphatic heterocycles. The molecule has 0 aromatic heterocycles. The van der Waals surface area contributed by atoms with Gasteiger partial charge in [0, 0.05) is 41.6 Å². The number of hydrogen-bond acceptors (Lipinski definition) is 4. The van der Waals surface area contributed by atoms with Crippen LogP contribution >= 0.6 is 11.6 Å². The van der Waals surface area contributed by atoms with E-state index in [4.69, 9.17) is 11.6 Å². The highest BCUT2D eigenvalue weighted by atomic mass is 35.5. The third-order valence-electron chi connectivity index (χ3n) is 8.72. The summed E-state index contributed by atoms with van der Waals surface area (Å²) in [6.07, 6.45) is -0.214. The lowest BCUT2D eigenvalue weighted by Crippen LogP contribution is -2.43. The van der Waals surface area contributed by atoms with E-state index in [-0.39, 0.29) is 17.7 Å². The molecule has 0 saturated carbocycles. The van der Waals surface area contributed by atoms with Crippen LogP contribution in [0.25, 0.3) is 0 Å². The normalized spacial score (nSPS) is 15.9. The van der Waals surface area contributed by atoms with Gasteiger partial charge in [0.25, 0.3) is 0 Å². The molecule has 2 aliphatic rings. The van der Waals surface area contributed by atoms with Crippen molar-refractivity contribution < 1.29 is 22.0 Å². The lowest BCUT2D eigenvalue weighted by atomic mass is 10.0. The molecule has 2 fully saturated rings. The van der Waals surface area contributed by atoms with Crippen LogP contribution in [0.5, 0.6) is 0 Å². The average Bonchev–Trinajstić information content (AvgIpc) is 3.09. The van der Waals surface area contributed by atoms with Crippen LogP contribution in [-0.4, -0.2) is 38.3 Å². The summed E-state index contributed by atoms with van der Waals surface area (Å²) in [5.74, 6) is -0.493. The summed E-state index contributed by atoms with van der Waals surface area (Å²) in [4.78, 5) is 4.56. The molecular weight excluding hydrogens is 631 g/mol. The van der Waals surface area contributed by atoms with Crippen molar-refractivity contribution in [3.8, 4) is 0 Å². The topological polar surface area (TPSA) is 30.5 Å². The molecule has 0 atom stereocenters. The number of rotatable bonds is 8. The molecule has 2 heterocycles. The van der Waals surface area contributed by atoms with Crippen LogP contribution in [0, 0.1) is 11.6 Å². The molecule has 0 radical (unpaired) electrons. The lowest BCUT2D eigenvalue weighted by molar-refractivity contribution is -0.137. The highest BCUT2D eigenvalue weighted by Crippen LogP contribution is 2.31. The molecule has 4 aromatic carbocycles. The fraction of sp³-hybridized carbons (Fsp3) is 0.351. The Labute approximate surface area is 278 Å². The summed E-state index contributed by atoms with van der Waals surface area (Å²) in [5, 5.41) is 7.46. The molecule has 6 rings (SSSR count). The number of halogens is 6. The van der Waals surface area contributed by atoms with Gasteiger partial charge in [-0.05, 0) is 136 Å². The molecule has 0 aliphatic carbocycles. The van der Waals surface area contributed by atoms with Gasteiger partial charge in [-0.2, -0.15) is 13.2 Å². The summed E-state index contributed by atoms with van der Waals surface area (Å²) in [7, 11) is 0. The van der Waals surface area contributed by atoms with E-state index >= 15 is 0 Å². The molecule has 250 valence electrons. The Bertz CT molecular complexity index is 1500. The second-order valence-corrected chi connectivity index (χ2v) is 12.4. The maximum absolute atomic E-state index is 13.2. The molecule has 0 bridgehead atoms. The summed E-state index contributed by atoms with van der Waals surface area (Å²) in [6.45, 7) is 5.15. The highest BCUT2D eigenvalue weighted by Gasteiger charge is 2.30. The van der Waals surface area contributed by atoms with Crippen molar-refractivity contribution in [2.45, 2.75) is 57.0 Å². The van der Waals surface area contributed by atoms with E-state index in [1.807, 2.05) is 24.3 Å². The first-order valence-electron chi connectivity index (χ1n) is 16.0. The number of anilines is 2. The Morgan fingerprint density at radius 3 is 1.32 bits per heavy atom. The predicted molar refractivity (Wildman–Crippen MR) is 180 cm³/mol. The van der Waals surface area contributed by atoms with Crippen LogP contribution in [0.3, 0.4) is 0 Å². The molecule has 10 heteroatoms. The third kappa shape index (κ3) is 10.2. The van der Waals surface area contributed by atoms with Crippen LogP contribution in [0.4, 0.5) is 33.3 Å². The molecule has 4 aromatic rings. The Hall–Kier alpha value is -3.66. The maximum atomic E-state index is 13.2. The van der Waals surface area contributed by atoms with Gasteiger partial charge in [0.15, 0.2) is 0 Å². The van der Waals surface area contributed by atoms with E-state index in [9.17, 15) is 22.0 Å². The van der Waals surface area contributed by atoms with Crippen molar-refractivity contribution in [2.75, 3.05) is 36.0 Å². The number of nitrogens with one attached hydrogen (secondary N) is 2. The minimum absolute atomic E-state index is 0.191. The number of nitrogens with zero attached hydrogens (tertiary/aromatic N) is 2.